The van der Waals surface area contributed by atoms with Crippen LogP contribution in [0.2, 0.25) is 0 Å². The Labute approximate surface area is 138 Å². The minimum absolute atomic E-state index is 0.361. The maximum atomic E-state index is 11.9. The first-order valence-electron chi connectivity index (χ1n) is 7.59. The van der Waals surface area contributed by atoms with Crippen molar-refractivity contribution in [3.63, 3.8) is 0 Å². The summed E-state index contributed by atoms with van der Waals surface area (Å²) in [5.74, 6) is -0.361. The number of aromatic nitrogens is 1. The molecule has 1 atom stereocenters. The second kappa shape index (κ2) is 7.35. The molecular weight excluding hydrogens is 308 g/mol. The Hall–Kier alpha value is -2.24. The molecule has 4 nitrogen and oxygen atoms in total. The van der Waals surface area contributed by atoms with Crippen molar-refractivity contribution < 1.29 is 9.90 Å². The number of carbonyl (C=O) groups excluding carboxylic acids is 1. The van der Waals surface area contributed by atoms with E-state index in [0.29, 0.717) is 12.1 Å². The second-order valence-electron chi connectivity index (χ2n) is 5.28. The number of benzene rings is 2. The van der Waals surface area contributed by atoms with Crippen LogP contribution in [0.1, 0.15) is 23.1 Å². The molecule has 118 valence electrons. The number of aliphatic hydroxyl groups is 1. The maximum Gasteiger partial charge on any atom is 0.253 e. The Morgan fingerprint density at radius 1 is 1.13 bits per heavy atom. The van der Waals surface area contributed by atoms with Gasteiger partial charge in [0.15, 0.2) is 6.10 Å². The monoisotopic (exact) mass is 326 g/mol. The molecule has 1 aromatic heterocycles. The summed E-state index contributed by atoms with van der Waals surface area (Å²) in [6.45, 7) is 0.526. The summed E-state index contributed by atoms with van der Waals surface area (Å²) in [6.07, 6.45) is 0.507. The van der Waals surface area contributed by atoms with Crippen molar-refractivity contribution in [1.82, 2.24) is 10.3 Å². The quantitative estimate of drug-likeness (QED) is 0.684. The van der Waals surface area contributed by atoms with Gasteiger partial charge < -0.3 is 10.4 Å². The van der Waals surface area contributed by atoms with Crippen LogP contribution in [0.4, 0.5) is 0 Å². The Morgan fingerprint density at radius 2 is 1.87 bits per heavy atom. The molecule has 0 aliphatic carbocycles. The number of aliphatic hydroxyl groups excluding tert-OH is 1. The van der Waals surface area contributed by atoms with Gasteiger partial charge in [0.05, 0.1) is 15.2 Å². The van der Waals surface area contributed by atoms with E-state index in [1.54, 1.807) is 35.6 Å². The Morgan fingerprint density at radius 3 is 2.65 bits per heavy atom. The molecule has 0 fully saturated rings. The van der Waals surface area contributed by atoms with Gasteiger partial charge in [0, 0.05) is 13.0 Å². The lowest BCUT2D eigenvalue weighted by Crippen LogP contribution is -2.30. The lowest BCUT2D eigenvalue weighted by molar-refractivity contribution is -0.129. The zero-order valence-electron chi connectivity index (χ0n) is 12.6. The average Bonchev–Trinajstić information content (AvgIpc) is 3.01. The van der Waals surface area contributed by atoms with Gasteiger partial charge in [-0.2, -0.15) is 0 Å². The number of carbonyl (C=O) groups is 1. The number of amides is 1. The number of nitrogens with zero attached hydrogens (tertiary/aromatic N) is 1. The summed E-state index contributed by atoms with van der Waals surface area (Å²) in [6, 6.07) is 17.0. The summed E-state index contributed by atoms with van der Waals surface area (Å²) in [7, 11) is 0. The van der Waals surface area contributed by atoms with E-state index in [-0.39, 0.29) is 5.91 Å². The fraction of sp³-hybridized carbons (Fsp3) is 0.222. The second-order valence-corrected chi connectivity index (χ2v) is 6.40. The van der Waals surface area contributed by atoms with Crippen LogP contribution in [0.25, 0.3) is 10.2 Å². The zero-order chi connectivity index (χ0) is 16.1. The molecule has 0 aliphatic rings. The van der Waals surface area contributed by atoms with Gasteiger partial charge in [0.1, 0.15) is 0 Å². The molecule has 0 bridgehead atoms. The summed E-state index contributed by atoms with van der Waals surface area (Å²) in [5, 5.41) is 13.8. The Kier molecular flexibility index (Phi) is 5.00. The molecule has 1 amide bonds. The average molecular weight is 326 g/mol. The number of hydrogen-bond donors (Lipinski definition) is 2. The fourth-order valence-electron chi connectivity index (χ4n) is 2.36. The van der Waals surface area contributed by atoms with E-state index in [4.69, 9.17) is 0 Å². The fourth-order valence-corrected chi connectivity index (χ4v) is 3.37. The summed E-state index contributed by atoms with van der Waals surface area (Å²) < 4.78 is 1.19. The molecule has 1 heterocycles. The lowest BCUT2D eigenvalue weighted by Gasteiger charge is -2.11. The van der Waals surface area contributed by atoms with Crippen molar-refractivity contribution in [1.29, 1.82) is 0 Å². The third-order valence-electron chi connectivity index (χ3n) is 3.57. The minimum Gasteiger partial charge on any atom is -0.378 e. The summed E-state index contributed by atoms with van der Waals surface area (Å²) >= 11 is 1.69. The maximum absolute atomic E-state index is 11.9. The van der Waals surface area contributed by atoms with E-state index in [2.05, 4.69) is 16.4 Å². The van der Waals surface area contributed by atoms with E-state index in [9.17, 15) is 9.90 Å². The molecule has 0 radical (unpaired) electrons. The van der Waals surface area contributed by atoms with Crippen LogP contribution in [-0.2, 0) is 11.2 Å². The number of para-hydroxylation sites is 1. The predicted octanol–water partition coefficient (Wildman–Crippen LogP) is 3.08. The molecule has 0 saturated heterocycles. The van der Waals surface area contributed by atoms with Crippen LogP contribution in [0.5, 0.6) is 0 Å². The predicted molar refractivity (Wildman–Crippen MR) is 92.4 cm³/mol. The smallest absolute Gasteiger partial charge is 0.253 e. The standard InChI is InChI=1S/C18H18N2O2S/c21-17(13-7-2-1-3-8-13)18(22)19-12-6-11-16-20-14-9-4-5-10-15(14)23-16/h1-5,7-10,17,21H,6,11-12H2,(H,19,22). The van der Waals surface area contributed by atoms with Gasteiger partial charge in [-0.15, -0.1) is 11.3 Å². The molecule has 1 unspecified atom stereocenters. The van der Waals surface area contributed by atoms with Crippen molar-refractivity contribution in [3.8, 4) is 0 Å². The largest absolute Gasteiger partial charge is 0.378 e. The molecule has 3 aromatic rings. The molecule has 5 heteroatoms. The van der Waals surface area contributed by atoms with Crippen LogP contribution in [-0.4, -0.2) is 22.5 Å². The molecule has 2 aromatic carbocycles. The molecule has 3 rings (SSSR count). The first-order chi connectivity index (χ1) is 11.2. The van der Waals surface area contributed by atoms with Gasteiger partial charge in [0.2, 0.25) is 0 Å². The van der Waals surface area contributed by atoms with E-state index >= 15 is 0 Å². The van der Waals surface area contributed by atoms with E-state index in [1.807, 2.05) is 24.3 Å². The van der Waals surface area contributed by atoms with Crippen LogP contribution < -0.4 is 5.32 Å². The highest BCUT2D eigenvalue weighted by Gasteiger charge is 2.16. The third-order valence-corrected chi connectivity index (χ3v) is 4.66. The number of thiazole rings is 1. The SMILES string of the molecule is O=C(NCCCc1nc2ccccc2s1)C(O)c1ccccc1. The first kappa shape index (κ1) is 15.6. The van der Waals surface area contributed by atoms with Crippen molar-refractivity contribution in [2.75, 3.05) is 6.54 Å². The highest BCUT2D eigenvalue weighted by Crippen LogP contribution is 2.22. The van der Waals surface area contributed by atoms with Crippen LogP contribution >= 0.6 is 11.3 Å². The summed E-state index contributed by atoms with van der Waals surface area (Å²) in [4.78, 5) is 16.5. The van der Waals surface area contributed by atoms with E-state index in [1.165, 1.54) is 4.70 Å². The molecule has 23 heavy (non-hydrogen) atoms. The number of aryl methyl sites for hydroxylation is 1. The zero-order valence-corrected chi connectivity index (χ0v) is 13.4. The van der Waals surface area contributed by atoms with Crippen LogP contribution in [0, 0.1) is 0 Å². The van der Waals surface area contributed by atoms with Crippen LogP contribution in [0.3, 0.4) is 0 Å². The molecule has 2 N–H and O–H groups in total. The van der Waals surface area contributed by atoms with Gasteiger partial charge in [-0.25, -0.2) is 4.98 Å². The number of nitrogens with one attached hydrogen (secondary N) is 1. The highest BCUT2D eigenvalue weighted by atomic mass is 32.1. The molecule has 0 spiro atoms. The van der Waals surface area contributed by atoms with Crippen molar-refractivity contribution in [3.05, 3.63) is 65.2 Å². The van der Waals surface area contributed by atoms with Gasteiger partial charge in [-0.1, -0.05) is 42.5 Å². The summed E-state index contributed by atoms with van der Waals surface area (Å²) in [5.41, 5.74) is 1.63. The third kappa shape index (κ3) is 3.94. The molecular formula is C18H18N2O2S. The topological polar surface area (TPSA) is 62.2 Å². The number of hydrogen-bond acceptors (Lipinski definition) is 4. The number of fused-ring (bicyclic) bond motifs is 1. The lowest BCUT2D eigenvalue weighted by atomic mass is 10.1. The Balaban J connectivity index is 1.47. The van der Waals surface area contributed by atoms with Gasteiger partial charge in [-0.05, 0) is 24.1 Å². The van der Waals surface area contributed by atoms with Gasteiger partial charge in [0.25, 0.3) is 5.91 Å². The first-order valence-corrected chi connectivity index (χ1v) is 8.41. The van der Waals surface area contributed by atoms with Crippen molar-refractivity contribution in [2.24, 2.45) is 0 Å². The molecule has 0 aliphatic heterocycles. The highest BCUT2D eigenvalue weighted by molar-refractivity contribution is 7.18. The Bertz CT molecular complexity index is 753. The van der Waals surface area contributed by atoms with Crippen LogP contribution in [0.15, 0.2) is 54.6 Å². The van der Waals surface area contributed by atoms with E-state index < -0.39 is 6.10 Å². The number of rotatable bonds is 6. The normalized spacial score (nSPS) is 12.2. The van der Waals surface area contributed by atoms with Gasteiger partial charge in [-0.3, -0.25) is 4.79 Å². The van der Waals surface area contributed by atoms with Gasteiger partial charge >= 0.3 is 0 Å². The minimum atomic E-state index is -1.11. The van der Waals surface area contributed by atoms with E-state index in [0.717, 1.165) is 23.4 Å². The van der Waals surface area contributed by atoms with Crippen molar-refractivity contribution in [2.45, 2.75) is 18.9 Å². The van der Waals surface area contributed by atoms with Crippen molar-refractivity contribution >= 4 is 27.5 Å². The molecule has 0 saturated carbocycles.